The molecule has 13 heavy (non-hydrogen) atoms. The van der Waals surface area contributed by atoms with E-state index in [0.29, 0.717) is 5.92 Å². The van der Waals surface area contributed by atoms with Crippen LogP contribution in [0.15, 0.2) is 0 Å². The second kappa shape index (κ2) is 5.22. The zero-order valence-corrected chi connectivity index (χ0v) is 8.16. The van der Waals surface area contributed by atoms with Crippen molar-refractivity contribution in [1.82, 2.24) is 0 Å². The molecule has 1 aliphatic carbocycles. The summed E-state index contributed by atoms with van der Waals surface area (Å²) in [6.45, 7) is 3.51. The molecule has 0 aliphatic heterocycles. The monoisotopic (exact) mass is 186 g/mol. The highest BCUT2D eigenvalue weighted by atomic mass is 16.5. The van der Waals surface area contributed by atoms with Gasteiger partial charge in [0.2, 0.25) is 0 Å². The molecule has 0 amide bonds. The maximum Gasteiger partial charge on any atom is 0.306 e. The first kappa shape index (κ1) is 10.5. The van der Waals surface area contributed by atoms with Crippen molar-refractivity contribution in [3.63, 3.8) is 0 Å². The molecule has 1 aliphatic rings. The Bertz CT molecular complexity index is 168. The molecular formula is C10H18O3. The molecule has 0 bridgehead atoms. The molecule has 2 unspecified atom stereocenters. The van der Waals surface area contributed by atoms with Crippen LogP contribution in [0, 0.1) is 11.8 Å². The summed E-state index contributed by atoms with van der Waals surface area (Å²) in [5, 5.41) is 8.78. The number of rotatable bonds is 6. The molecule has 0 spiro atoms. The van der Waals surface area contributed by atoms with Crippen molar-refractivity contribution in [2.45, 2.75) is 32.6 Å². The summed E-state index contributed by atoms with van der Waals surface area (Å²) in [5.74, 6) is -0.271. The summed E-state index contributed by atoms with van der Waals surface area (Å²) in [6.07, 6.45) is 3.97. The van der Waals surface area contributed by atoms with E-state index in [9.17, 15) is 4.79 Å². The molecule has 1 fully saturated rings. The molecule has 0 aromatic heterocycles. The van der Waals surface area contributed by atoms with E-state index in [1.54, 1.807) is 0 Å². The molecule has 0 heterocycles. The molecule has 0 saturated heterocycles. The van der Waals surface area contributed by atoms with E-state index in [4.69, 9.17) is 9.84 Å². The van der Waals surface area contributed by atoms with Gasteiger partial charge in [-0.2, -0.15) is 0 Å². The van der Waals surface area contributed by atoms with Crippen LogP contribution < -0.4 is 0 Å². The molecule has 1 saturated carbocycles. The third-order valence-corrected chi connectivity index (χ3v) is 2.80. The summed E-state index contributed by atoms with van der Waals surface area (Å²) in [5.41, 5.74) is 0. The van der Waals surface area contributed by atoms with Gasteiger partial charge in [0.1, 0.15) is 0 Å². The molecule has 3 nitrogen and oxygen atoms in total. The molecule has 3 heteroatoms. The minimum Gasteiger partial charge on any atom is -0.481 e. The van der Waals surface area contributed by atoms with E-state index in [1.807, 2.05) is 6.92 Å². The van der Waals surface area contributed by atoms with Gasteiger partial charge < -0.3 is 9.84 Å². The highest BCUT2D eigenvalue weighted by Crippen LogP contribution is 2.37. The van der Waals surface area contributed by atoms with Crippen molar-refractivity contribution in [3.8, 4) is 0 Å². The number of hydrogen-bond donors (Lipinski definition) is 1. The van der Waals surface area contributed by atoms with Gasteiger partial charge in [0.15, 0.2) is 0 Å². The molecular weight excluding hydrogens is 168 g/mol. The van der Waals surface area contributed by atoms with E-state index in [0.717, 1.165) is 38.9 Å². The zero-order chi connectivity index (χ0) is 9.68. The van der Waals surface area contributed by atoms with Gasteiger partial charge in [-0.15, -0.1) is 0 Å². The normalized spacial score (nSPS) is 26.8. The van der Waals surface area contributed by atoms with Crippen LogP contribution in [0.4, 0.5) is 0 Å². The van der Waals surface area contributed by atoms with Crippen molar-refractivity contribution in [2.24, 2.45) is 11.8 Å². The van der Waals surface area contributed by atoms with Crippen LogP contribution in [0.3, 0.4) is 0 Å². The Morgan fingerprint density at radius 1 is 1.54 bits per heavy atom. The fraction of sp³-hybridized carbons (Fsp3) is 0.900. The molecule has 1 N–H and O–H groups in total. The largest absolute Gasteiger partial charge is 0.481 e. The fourth-order valence-corrected chi connectivity index (χ4v) is 1.83. The van der Waals surface area contributed by atoms with Crippen LogP contribution >= 0.6 is 0 Å². The van der Waals surface area contributed by atoms with E-state index in [1.165, 1.54) is 0 Å². The maximum atomic E-state index is 10.6. The van der Waals surface area contributed by atoms with Crippen LogP contribution in [0.25, 0.3) is 0 Å². The zero-order valence-electron chi connectivity index (χ0n) is 8.16. The van der Waals surface area contributed by atoms with E-state index >= 15 is 0 Å². The van der Waals surface area contributed by atoms with Crippen molar-refractivity contribution >= 4 is 5.97 Å². The van der Waals surface area contributed by atoms with E-state index in [-0.39, 0.29) is 5.92 Å². The highest BCUT2D eigenvalue weighted by Gasteiger charge is 2.35. The third-order valence-electron chi connectivity index (χ3n) is 2.80. The average Bonchev–Trinajstić information content (AvgIpc) is 2.01. The van der Waals surface area contributed by atoms with Gasteiger partial charge in [0.25, 0.3) is 0 Å². The Kier molecular flexibility index (Phi) is 4.22. The van der Waals surface area contributed by atoms with Crippen molar-refractivity contribution in [1.29, 1.82) is 0 Å². The second-order valence-electron chi connectivity index (χ2n) is 3.62. The van der Waals surface area contributed by atoms with Crippen LogP contribution in [0.1, 0.15) is 32.6 Å². The van der Waals surface area contributed by atoms with E-state index < -0.39 is 5.97 Å². The lowest BCUT2D eigenvalue weighted by molar-refractivity contribution is -0.148. The summed E-state index contributed by atoms with van der Waals surface area (Å²) in [7, 11) is 0. The Hall–Kier alpha value is -0.570. The predicted octanol–water partition coefficient (Wildman–Crippen LogP) is 1.91. The number of carboxylic acids is 1. The Labute approximate surface area is 79.1 Å². The van der Waals surface area contributed by atoms with Gasteiger partial charge in [-0.3, -0.25) is 4.79 Å². The van der Waals surface area contributed by atoms with Gasteiger partial charge in [0, 0.05) is 13.2 Å². The summed E-state index contributed by atoms with van der Waals surface area (Å²) >= 11 is 0. The van der Waals surface area contributed by atoms with Gasteiger partial charge in [0.05, 0.1) is 5.92 Å². The maximum absolute atomic E-state index is 10.6. The first-order chi connectivity index (χ1) is 6.25. The number of ether oxygens (including phenoxy) is 1. The molecule has 0 aromatic rings. The predicted molar refractivity (Wildman–Crippen MR) is 49.6 cm³/mol. The fourth-order valence-electron chi connectivity index (χ4n) is 1.83. The quantitative estimate of drug-likeness (QED) is 0.644. The first-order valence-electron chi connectivity index (χ1n) is 5.06. The van der Waals surface area contributed by atoms with Gasteiger partial charge in [-0.1, -0.05) is 0 Å². The third kappa shape index (κ3) is 2.99. The molecule has 2 atom stereocenters. The average molecular weight is 186 g/mol. The molecule has 0 radical (unpaired) electrons. The number of carboxylic acid groups (broad SMARTS) is 1. The van der Waals surface area contributed by atoms with Crippen LogP contribution in [0.2, 0.25) is 0 Å². The van der Waals surface area contributed by atoms with Crippen LogP contribution in [-0.2, 0) is 9.53 Å². The van der Waals surface area contributed by atoms with Crippen LogP contribution in [0.5, 0.6) is 0 Å². The van der Waals surface area contributed by atoms with Gasteiger partial charge in [-0.25, -0.2) is 0 Å². The van der Waals surface area contributed by atoms with E-state index in [2.05, 4.69) is 0 Å². The Morgan fingerprint density at radius 2 is 2.31 bits per heavy atom. The molecule has 1 rings (SSSR count). The molecule has 76 valence electrons. The van der Waals surface area contributed by atoms with Gasteiger partial charge >= 0.3 is 5.97 Å². The minimum absolute atomic E-state index is 0.0679. The first-order valence-corrected chi connectivity index (χ1v) is 5.06. The Balaban J connectivity index is 2.05. The number of hydrogen-bond acceptors (Lipinski definition) is 2. The smallest absolute Gasteiger partial charge is 0.306 e. The summed E-state index contributed by atoms with van der Waals surface area (Å²) < 4.78 is 5.20. The number of carbonyl (C=O) groups is 1. The van der Waals surface area contributed by atoms with Gasteiger partial charge in [-0.05, 0) is 38.5 Å². The minimum atomic E-state index is -0.618. The van der Waals surface area contributed by atoms with Crippen molar-refractivity contribution in [2.75, 3.05) is 13.2 Å². The topological polar surface area (TPSA) is 46.5 Å². The SMILES string of the molecule is CCOCCCC1CCC1C(=O)O. The molecule has 0 aromatic carbocycles. The summed E-state index contributed by atoms with van der Waals surface area (Å²) in [6, 6.07) is 0. The standard InChI is InChI=1S/C10H18O3/c1-2-13-7-3-4-8-5-6-9(8)10(11)12/h8-9H,2-7H2,1H3,(H,11,12). The number of aliphatic carboxylic acids is 1. The highest BCUT2D eigenvalue weighted by molar-refractivity contribution is 5.71. The second-order valence-corrected chi connectivity index (χ2v) is 3.62. The lowest BCUT2D eigenvalue weighted by Gasteiger charge is -2.33. The van der Waals surface area contributed by atoms with Crippen molar-refractivity contribution < 1.29 is 14.6 Å². The Morgan fingerprint density at radius 3 is 2.77 bits per heavy atom. The van der Waals surface area contributed by atoms with Crippen molar-refractivity contribution in [3.05, 3.63) is 0 Å². The lowest BCUT2D eigenvalue weighted by atomic mass is 9.71. The van der Waals surface area contributed by atoms with Crippen LogP contribution in [-0.4, -0.2) is 24.3 Å². The lowest BCUT2D eigenvalue weighted by Crippen LogP contribution is -2.32. The summed E-state index contributed by atoms with van der Waals surface area (Å²) in [4.78, 5) is 10.6.